The third-order valence-electron chi connectivity index (χ3n) is 7.24. The van der Waals surface area contributed by atoms with Gasteiger partial charge in [-0.3, -0.25) is 4.79 Å². The largest absolute Gasteiger partial charge is 0.378 e. The Morgan fingerprint density at radius 3 is 2.66 bits per heavy atom. The lowest BCUT2D eigenvalue weighted by atomic mass is 9.88. The number of nitrogens with zero attached hydrogens (tertiary/aromatic N) is 4. The summed E-state index contributed by atoms with van der Waals surface area (Å²) in [6.45, 7) is 3.26. The van der Waals surface area contributed by atoms with Crippen molar-refractivity contribution in [1.29, 1.82) is 0 Å². The predicted molar refractivity (Wildman–Crippen MR) is 139 cm³/mol. The van der Waals surface area contributed by atoms with Gasteiger partial charge >= 0.3 is 0 Å². The molecule has 0 radical (unpaired) electrons. The van der Waals surface area contributed by atoms with E-state index in [-0.39, 0.29) is 11.5 Å². The van der Waals surface area contributed by atoms with Crippen molar-refractivity contribution in [1.82, 2.24) is 14.5 Å². The molecule has 1 unspecified atom stereocenters. The highest BCUT2D eigenvalue weighted by Gasteiger charge is 2.36. The monoisotopic (exact) mass is 486 g/mol. The van der Waals surface area contributed by atoms with Gasteiger partial charge in [0.05, 0.1) is 24.4 Å². The molecule has 1 saturated heterocycles. The highest BCUT2D eigenvalue weighted by Crippen LogP contribution is 2.48. The van der Waals surface area contributed by atoms with Gasteiger partial charge in [0.25, 0.3) is 0 Å². The number of hydrogen-bond donors (Lipinski definition) is 0. The average molecular weight is 487 g/mol. The molecular weight excluding hydrogens is 460 g/mol. The maximum atomic E-state index is 12.4. The quantitative estimate of drug-likeness (QED) is 0.396. The van der Waals surface area contributed by atoms with E-state index in [4.69, 9.17) is 16.3 Å². The second kappa shape index (κ2) is 9.10. The average Bonchev–Trinajstić information content (AvgIpc) is 3.73. The van der Waals surface area contributed by atoms with Crippen LogP contribution in [0.2, 0.25) is 5.02 Å². The van der Waals surface area contributed by atoms with Crippen LogP contribution in [0.4, 0.5) is 5.69 Å². The molecule has 4 aromatic rings. The normalized spacial score (nSPS) is 17.0. The van der Waals surface area contributed by atoms with Crippen molar-refractivity contribution in [2.24, 2.45) is 13.0 Å². The van der Waals surface area contributed by atoms with Crippen LogP contribution in [0.1, 0.15) is 30.0 Å². The number of halogens is 1. The first-order chi connectivity index (χ1) is 17.1. The van der Waals surface area contributed by atoms with Crippen molar-refractivity contribution >= 4 is 28.2 Å². The lowest BCUT2D eigenvalue weighted by molar-refractivity contribution is 0.122. The summed E-state index contributed by atoms with van der Waals surface area (Å²) in [7, 11) is 1.84. The summed E-state index contributed by atoms with van der Waals surface area (Å²) >= 11 is 6.78. The highest BCUT2D eigenvalue weighted by molar-refractivity contribution is 6.31. The fourth-order valence-electron chi connectivity index (χ4n) is 5.20. The van der Waals surface area contributed by atoms with Gasteiger partial charge in [-0.05, 0) is 60.7 Å². The zero-order chi connectivity index (χ0) is 23.9. The predicted octanol–water partition coefficient (Wildman–Crippen LogP) is 5.03. The standard InChI is InChI=1S/C28H27ClN4O2/c1-32-25(3-2-4-26(32)34)27(18-5-6-18)22-15-19(7-10-23(22)29)28-21-9-8-20(16-24(21)30-17-31-28)33-11-13-35-14-12-33/h2-4,7-10,15-18,27H,5-6,11-14H2,1H3. The van der Waals surface area contributed by atoms with Crippen LogP contribution in [-0.4, -0.2) is 40.8 Å². The minimum Gasteiger partial charge on any atom is -0.378 e. The van der Waals surface area contributed by atoms with E-state index in [9.17, 15) is 4.79 Å². The Morgan fingerprint density at radius 1 is 1.03 bits per heavy atom. The Labute approximate surface area is 209 Å². The lowest BCUT2D eigenvalue weighted by Crippen LogP contribution is -2.36. The van der Waals surface area contributed by atoms with E-state index in [1.807, 2.05) is 31.3 Å². The van der Waals surface area contributed by atoms with E-state index in [0.717, 1.165) is 83.3 Å². The van der Waals surface area contributed by atoms with Crippen LogP contribution in [-0.2, 0) is 11.8 Å². The number of anilines is 1. The smallest absolute Gasteiger partial charge is 0.250 e. The van der Waals surface area contributed by atoms with Gasteiger partial charge in [0.2, 0.25) is 5.56 Å². The Morgan fingerprint density at radius 2 is 1.86 bits per heavy atom. The summed E-state index contributed by atoms with van der Waals surface area (Å²) in [6, 6.07) is 18.0. The number of fused-ring (bicyclic) bond motifs is 1. The highest BCUT2D eigenvalue weighted by atomic mass is 35.5. The topological polar surface area (TPSA) is 60.3 Å². The molecule has 178 valence electrons. The van der Waals surface area contributed by atoms with Crippen LogP contribution in [0, 0.1) is 5.92 Å². The van der Waals surface area contributed by atoms with Gasteiger partial charge in [0.1, 0.15) is 6.33 Å². The summed E-state index contributed by atoms with van der Waals surface area (Å²) in [5.41, 5.74) is 6.01. The number of rotatable bonds is 5. The van der Waals surface area contributed by atoms with Crippen LogP contribution in [0.3, 0.4) is 0 Å². The van der Waals surface area contributed by atoms with Crippen molar-refractivity contribution < 1.29 is 4.74 Å². The molecule has 35 heavy (non-hydrogen) atoms. The minimum absolute atomic E-state index is 0.00158. The Balaban J connectivity index is 1.44. The maximum Gasteiger partial charge on any atom is 0.250 e. The van der Waals surface area contributed by atoms with Crippen molar-refractivity contribution in [3.8, 4) is 11.3 Å². The van der Waals surface area contributed by atoms with Gasteiger partial charge in [-0.2, -0.15) is 0 Å². The summed E-state index contributed by atoms with van der Waals surface area (Å²) in [4.78, 5) is 24.0. The van der Waals surface area contributed by atoms with Crippen LogP contribution in [0.25, 0.3) is 22.2 Å². The molecule has 1 atom stereocenters. The van der Waals surface area contributed by atoms with E-state index in [1.54, 1.807) is 17.0 Å². The van der Waals surface area contributed by atoms with Crippen LogP contribution in [0.15, 0.2) is 65.7 Å². The molecule has 2 aromatic carbocycles. The van der Waals surface area contributed by atoms with E-state index in [1.165, 1.54) is 0 Å². The summed E-state index contributed by atoms with van der Waals surface area (Å²) in [5.74, 6) is 0.552. The van der Waals surface area contributed by atoms with Crippen LogP contribution >= 0.6 is 11.6 Å². The fraction of sp³-hybridized carbons (Fsp3) is 0.321. The number of benzene rings is 2. The Kier molecular flexibility index (Phi) is 5.78. The number of hydrogen-bond acceptors (Lipinski definition) is 5. The van der Waals surface area contributed by atoms with Crippen molar-refractivity contribution in [2.45, 2.75) is 18.8 Å². The maximum absolute atomic E-state index is 12.4. The van der Waals surface area contributed by atoms with Crippen molar-refractivity contribution in [2.75, 3.05) is 31.2 Å². The summed E-state index contributed by atoms with van der Waals surface area (Å²) < 4.78 is 7.25. The second-order valence-corrected chi connectivity index (χ2v) is 9.83. The molecule has 3 heterocycles. The number of pyridine rings is 1. The molecule has 2 aromatic heterocycles. The molecule has 0 amide bonds. The van der Waals surface area contributed by atoms with E-state index in [0.29, 0.717) is 5.92 Å². The fourth-order valence-corrected chi connectivity index (χ4v) is 5.43. The summed E-state index contributed by atoms with van der Waals surface area (Å²) in [6.07, 6.45) is 3.90. The third-order valence-corrected chi connectivity index (χ3v) is 7.58. The first-order valence-electron chi connectivity index (χ1n) is 12.1. The molecule has 1 aliphatic carbocycles. The molecule has 2 fully saturated rings. The molecule has 1 saturated carbocycles. The molecular formula is C28H27ClN4O2. The molecule has 6 rings (SSSR count). The van der Waals surface area contributed by atoms with Gasteiger partial charge in [-0.25, -0.2) is 9.97 Å². The molecule has 0 N–H and O–H groups in total. The molecule has 6 nitrogen and oxygen atoms in total. The van der Waals surface area contributed by atoms with Gasteiger partial charge in [-0.15, -0.1) is 0 Å². The van der Waals surface area contributed by atoms with Crippen molar-refractivity contribution in [3.05, 3.63) is 87.6 Å². The zero-order valence-electron chi connectivity index (χ0n) is 19.7. The number of ether oxygens (including phenoxy) is 1. The van der Waals surface area contributed by atoms with Gasteiger partial charge in [-0.1, -0.05) is 23.7 Å². The zero-order valence-corrected chi connectivity index (χ0v) is 20.4. The van der Waals surface area contributed by atoms with Crippen LogP contribution < -0.4 is 10.5 Å². The van der Waals surface area contributed by atoms with Gasteiger partial charge < -0.3 is 14.2 Å². The van der Waals surface area contributed by atoms with Gasteiger partial charge in [0.15, 0.2) is 0 Å². The minimum atomic E-state index is -0.00158. The Hall–Kier alpha value is -3.22. The van der Waals surface area contributed by atoms with Gasteiger partial charge in [0, 0.05) is 59.5 Å². The second-order valence-electron chi connectivity index (χ2n) is 9.42. The first-order valence-corrected chi connectivity index (χ1v) is 12.5. The summed E-state index contributed by atoms with van der Waals surface area (Å²) in [5, 5.41) is 1.72. The lowest BCUT2D eigenvalue weighted by Gasteiger charge is -2.29. The van der Waals surface area contributed by atoms with E-state index < -0.39 is 0 Å². The van der Waals surface area contributed by atoms with Crippen LogP contribution in [0.5, 0.6) is 0 Å². The molecule has 2 aliphatic rings. The number of morpholine rings is 1. The van der Waals surface area contributed by atoms with E-state index >= 15 is 0 Å². The molecule has 7 heteroatoms. The molecule has 0 spiro atoms. The molecule has 1 aliphatic heterocycles. The molecule has 0 bridgehead atoms. The first kappa shape index (κ1) is 22.3. The SMILES string of the molecule is Cn1c(C(c2cc(-c3ncnc4cc(N5CCOCC5)ccc34)ccc2Cl)C2CC2)cccc1=O. The number of aromatic nitrogens is 3. The van der Waals surface area contributed by atoms with Crippen molar-refractivity contribution in [3.63, 3.8) is 0 Å². The third kappa shape index (κ3) is 4.21. The Bertz CT molecular complexity index is 1460. The van der Waals surface area contributed by atoms with E-state index in [2.05, 4.69) is 39.1 Å².